The van der Waals surface area contributed by atoms with E-state index < -0.39 is 10.1 Å². The van der Waals surface area contributed by atoms with Gasteiger partial charge in [-0.2, -0.15) is 8.42 Å². The average molecular weight is 449 g/mol. The first-order chi connectivity index (χ1) is 14.2. The van der Waals surface area contributed by atoms with Gasteiger partial charge in [0.2, 0.25) is 0 Å². The molecule has 1 aromatic rings. The van der Waals surface area contributed by atoms with E-state index in [1.165, 1.54) is 96.3 Å². The molecule has 0 bridgehead atoms. The normalized spacial score (nSPS) is 11.4. The van der Waals surface area contributed by atoms with Gasteiger partial charge < -0.3 is 1.43 Å². The molecule has 0 aliphatic carbocycles. The maximum atomic E-state index is 12.0. The number of benzene rings is 1. The predicted molar refractivity (Wildman–Crippen MR) is 125 cm³/mol. The van der Waals surface area contributed by atoms with Crippen molar-refractivity contribution in [3.8, 4) is 0 Å². The Labute approximate surface area is 210 Å². The molecule has 0 aliphatic rings. The molecular formula is C25H45NaO3S. The van der Waals surface area contributed by atoms with Gasteiger partial charge in [0.05, 0.1) is 11.5 Å². The summed E-state index contributed by atoms with van der Waals surface area (Å²) in [6.45, 7) is 2.56. The Morgan fingerprint density at radius 2 is 1.00 bits per heavy atom. The van der Waals surface area contributed by atoms with Crippen LogP contribution in [-0.2, 0) is 14.3 Å². The van der Waals surface area contributed by atoms with Crippen molar-refractivity contribution in [2.24, 2.45) is 0 Å². The molecule has 0 amide bonds. The fraction of sp³-hybridized carbons (Fsp3) is 0.760. The molecule has 0 aromatic heterocycles. The first-order valence-corrected chi connectivity index (χ1v) is 13.5. The van der Waals surface area contributed by atoms with Crippen LogP contribution in [0.3, 0.4) is 0 Å². The third-order valence-electron chi connectivity index (χ3n) is 5.52. The molecule has 0 radical (unpaired) electrons. The molecule has 30 heavy (non-hydrogen) atoms. The van der Waals surface area contributed by atoms with Crippen molar-refractivity contribution in [2.45, 2.75) is 121 Å². The van der Waals surface area contributed by atoms with Gasteiger partial charge >= 0.3 is 29.6 Å². The van der Waals surface area contributed by atoms with Crippen LogP contribution in [0.15, 0.2) is 35.2 Å². The average Bonchev–Trinajstić information content (AvgIpc) is 2.73. The van der Waals surface area contributed by atoms with E-state index in [9.17, 15) is 8.42 Å². The Bertz CT molecular complexity index is 582. The largest absolute Gasteiger partial charge is 1.00 e. The molecule has 0 saturated heterocycles. The predicted octanol–water partition coefficient (Wildman–Crippen LogP) is 5.16. The van der Waals surface area contributed by atoms with E-state index in [2.05, 4.69) is 6.92 Å². The van der Waals surface area contributed by atoms with Crippen LogP contribution in [0.1, 0.15) is 118 Å². The molecule has 1 aromatic carbocycles. The molecule has 0 atom stereocenters. The number of hydrogen-bond donors (Lipinski definition) is 0. The van der Waals surface area contributed by atoms with E-state index in [0.29, 0.717) is 0 Å². The van der Waals surface area contributed by atoms with Crippen molar-refractivity contribution < 1.29 is 43.6 Å². The maximum absolute atomic E-state index is 12.0. The zero-order valence-corrected chi connectivity index (χ0v) is 22.6. The Kier molecular flexibility index (Phi) is 21.1. The van der Waals surface area contributed by atoms with Gasteiger partial charge in [-0.25, -0.2) is 0 Å². The third-order valence-corrected chi connectivity index (χ3v) is 6.84. The van der Waals surface area contributed by atoms with E-state index in [1.807, 2.05) is 0 Å². The van der Waals surface area contributed by atoms with Crippen molar-refractivity contribution in [1.82, 2.24) is 0 Å². The molecule has 1 rings (SSSR count). The minimum Gasteiger partial charge on any atom is -1.00 e. The fourth-order valence-corrected chi connectivity index (χ4v) is 4.61. The van der Waals surface area contributed by atoms with Crippen LogP contribution in [-0.4, -0.2) is 15.0 Å². The second-order valence-corrected chi connectivity index (χ2v) is 9.86. The van der Waals surface area contributed by atoms with Crippen molar-refractivity contribution in [3.05, 3.63) is 30.3 Å². The molecule has 0 aliphatic heterocycles. The quantitative estimate of drug-likeness (QED) is 0.157. The Hall–Kier alpha value is 0.130. The molecule has 3 nitrogen and oxygen atoms in total. The van der Waals surface area contributed by atoms with Crippen molar-refractivity contribution in [3.63, 3.8) is 0 Å². The molecule has 0 heterocycles. The van der Waals surface area contributed by atoms with Gasteiger partial charge in [0.1, 0.15) is 0 Å². The van der Waals surface area contributed by atoms with Crippen molar-refractivity contribution in [2.75, 3.05) is 6.61 Å². The van der Waals surface area contributed by atoms with Gasteiger partial charge in [-0.1, -0.05) is 128 Å². The summed E-state index contributed by atoms with van der Waals surface area (Å²) in [7, 11) is -3.58. The molecule has 5 heteroatoms. The third kappa shape index (κ3) is 16.8. The molecule has 0 fully saturated rings. The fourth-order valence-electron chi connectivity index (χ4n) is 3.65. The topological polar surface area (TPSA) is 43.4 Å². The SMILES string of the molecule is CCCCCCCCCCCCCCCCCCCOS(=O)(=O)c1ccccc1.[H-].[Na+]. The van der Waals surface area contributed by atoms with E-state index >= 15 is 0 Å². The summed E-state index contributed by atoms with van der Waals surface area (Å²) < 4.78 is 29.1. The first-order valence-electron chi connectivity index (χ1n) is 12.1. The van der Waals surface area contributed by atoms with Crippen molar-refractivity contribution >= 4 is 10.1 Å². The first kappa shape index (κ1) is 30.1. The Morgan fingerprint density at radius 3 is 1.40 bits per heavy atom. The van der Waals surface area contributed by atoms with Gasteiger partial charge in [-0.3, -0.25) is 4.18 Å². The molecule has 0 unspecified atom stereocenters. The summed E-state index contributed by atoms with van der Waals surface area (Å²) in [5, 5.41) is 0. The van der Waals surface area contributed by atoms with Gasteiger partial charge in [0, 0.05) is 0 Å². The second kappa shape index (κ2) is 21.0. The van der Waals surface area contributed by atoms with Crippen LogP contribution < -0.4 is 29.6 Å². The molecule has 0 N–H and O–H groups in total. The minimum atomic E-state index is -3.58. The summed E-state index contributed by atoms with van der Waals surface area (Å²) in [6.07, 6.45) is 22.4. The standard InChI is InChI=1S/C25H44O3S.Na.H/c1-2-3-4-5-6-7-8-9-10-11-12-13-14-15-16-17-21-24-28-29(26,27)25-22-19-18-20-23-25;;/h18-20,22-23H,2-17,21,24H2,1H3;;/q;+1;-1. The minimum absolute atomic E-state index is 0. The smallest absolute Gasteiger partial charge is 1.00 e. The number of rotatable bonds is 20. The summed E-state index contributed by atoms with van der Waals surface area (Å²) in [6, 6.07) is 8.38. The Morgan fingerprint density at radius 1 is 0.633 bits per heavy atom. The molecular weight excluding hydrogens is 403 g/mol. The van der Waals surface area contributed by atoms with Gasteiger partial charge in [0.15, 0.2) is 0 Å². The van der Waals surface area contributed by atoms with Crippen LogP contribution in [0.4, 0.5) is 0 Å². The second-order valence-electron chi connectivity index (χ2n) is 8.25. The van der Waals surface area contributed by atoms with Crippen LogP contribution in [0.2, 0.25) is 0 Å². The summed E-state index contributed by atoms with van der Waals surface area (Å²) >= 11 is 0. The summed E-state index contributed by atoms with van der Waals surface area (Å²) in [5.74, 6) is 0. The van der Waals surface area contributed by atoms with E-state index in [4.69, 9.17) is 4.18 Å². The van der Waals surface area contributed by atoms with Gasteiger partial charge in [-0.15, -0.1) is 0 Å². The number of hydrogen-bond acceptors (Lipinski definition) is 3. The van der Waals surface area contributed by atoms with Gasteiger partial charge in [0.25, 0.3) is 10.1 Å². The van der Waals surface area contributed by atoms with Crippen LogP contribution in [0.25, 0.3) is 0 Å². The summed E-state index contributed by atoms with van der Waals surface area (Å²) in [5.41, 5.74) is 0. The number of unbranched alkanes of at least 4 members (excludes halogenated alkanes) is 16. The van der Waals surface area contributed by atoms with Crippen LogP contribution >= 0.6 is 0 Å². The molecule has 0 saturated carbocycles. The monoisotopic (exact) mass is 448 g/mol. The molecule has 0 spiro atoms. The van der Waals surface area contributed by atoms with E-state index in [-0.39, 0.29) is 42.5 Å². The molecule has 170 valence electrons. The summed E-state index contributed by atoms with van der Waals surface area (Å²) in [4.78, 5) is 0.243. The van der Waals surface area contributed by atoms with E-state index in [1.54, 1.807) is 30.3 Å². The Balaban J connectivity index is 0. The van der Waals surface area contributed by atoms with Gasteiger partial charge in [-0.05, 0) is 18.6 Å². The maximum Gasteiger partial charge on any atom is 1.00 e. The van der Waals surface area contributed by atoms with Crippen LogP contribution in [0, 0.1) is 0 Å². The van der Waals surface area contributed by atoms with Crippen LogP contribution in [0.5, 0.6) is 0 Å². The zero-order valence-electron chi connectivity index (χ0n) is 20.7. The van der Waals surface area contributed by atoms with Crippen molar-refractivity contribution in [1.29, 1.82) is 0 Å². The van der Waals surface area contributed by atoms with E-state index in [0.717, 1.165) is 12.8 Å². The zero-order chi connectivity index (χ0) is 21.0.